The fraction of sp³-hybridized carbons (Fsp3) is 0.414. The van der Waals surface area contributed by atoms with Crippen LogP contribution in [-0.4, -0.2) is 94.1 Å². The standard InChI is InChI=1S/C28H31NO3.C16H17NO3.C13H18O3S.CH4/c1-31-28(30)24-18-29(19-24)17-20-10-15-26-23(16-20)8-5-9-27(26)32-25-13-11-22(12-14-25)21-6-3-2-4-7-21;1-20-16(19)13-9-17(10-13)8-11-5-6-14-12(7-11)3-2-4-15(14)18;1-17(14,15)16-13-9-7-12(8-10-13)11-5-3-2-4-6-11;/h2-10,15-16,22,24-25H,11-14,17-19H2,1H3;2-7,13,18H,8-10H2,1H3;2-6,12-13H,7-10H2,1H3;1H4. The summed E-state index contributed by atoms with van der Waals surface area (Å²) in [6.07, 6.45) is 9.53. The molecule has 0 amide bonds. The van der Waals surface area contributed by atoms with Gasteiger partial charge in [-0.1, -0.05) is 117 Å². The van der Waals surface area contributed by atoms with Crippen molar-refractivity contribution in [2.24, 2.45) is 11.8 Å². The predicted octanol–water partition coefficient (Wildman–Crippen LogP) is 11.0. The van der Waals surface area contributed by atoms with E-state index in [1.54, 1.807) is 6.07 Å². The van der Waals surface area contributed by atoms with Crippen LogP contribution in [0.1, 0.15) is 92.9 Å². The van der Waals surface area contributed by atoms with Crippen LogP contribution in [0.25, 0.3) is 21.5 Å². The average Bonchev–Trinajstić information content (AvgIpc) is 3.34. The number of ether oxygens (including phenoxy) is 3. The topological polar surface area (TPSA) is 132 Å². The highest BCUT2D eigenvalue weighted by molar-refractivity contribution is 7.86. The minimum Gasteiger partial charge on any atom is -0.507 e. The first-order chi connectivity index (χ1) is 33.4. The summed E-state index contributed by atoms with van der Waals surface area (Å²) in [5.41, 5.74) is 5.27. The van der Waals surface area contributed by atoms with Gasteiger partial charge in [-0.25, -0.2) is 0 Å². The monoisotopic (exact) mass is 970 g/mol. The van der Waals surface area contributed by atoms with E-state index in [-0.39, 0.29) is 43.4 Å². The highest BCUT2D eigenvalue weighted by Gasteiger charge is 2.34. The van der Waals surface area contributed by atoms with E-state index in [1.165, 1.54) is 60.1 Å². The molecule has 2 aliphatic carbocycles. The van der Waals surface area contributed by atoms with Gasteiger partial charge < -0.3 is 19.3 Å². The Morgan fingerprint density at radius 2 is 1.00 bits per heavy atom. The van der Waals surface area contributed by atoms with Crippen LogP contribution in [0.2, 0.25) is 0 Å². The van der Waals surface area contributed by atoms with Gasteiger partial charge in [-0.2, -0.15) is 8.42 Å². The van der Waals surface area contributed by atoms with Crippen LogP contribution in [0.15, 0.2) is 133 Å². The predicted molar refractivity (Wildman–Crippen MR) is 277 cm³/mol. The number of nitrogens with zero attached hydrogens (tertiary/aromatic N) is 2. The summed E-state index contributed by atoms with van der Waals surface area (Å²) in [6, 6.07) is 45.8. The van der Waals surface area contributed by atoms with Gasteiger partial charge in [-0.05, 0) is 120 Å². The van der Waals surface area contributed by atoms with Crippen molar-refractivity contribution in [3.63, 3.8) is 0 Å². The number of phenols is 1. The average molecular weight is 971 g/mol. The molecule has 1 N–H and O–H groups in total. The Labute approximate surface area is 414 Å². The number of carbonyl (C=O) groups is 2. The second kappa shape index (κ2) is 24.4. The molecule has 2 saturated heterocycles. The number of methoxy groups -OCH3 is 2. The highest BCUT2D eigenvalue weighted by atomic mass is 32.2. The maximum atomic E-state index is 11.6. The summed E-state index contributed by atoms with van der Waals surface area (Å²) in [5, 5.41) is 14.1. The molecule has 10 rings (SSSR count). The van der Waals surface area contributed by atoms with Crippen LogP contribution in [0.5, 0.6) is 11.5 Å². The molecule has 2 aliphatic heterocycles. The smallest absolute Gasteiger partial charge is 0.311 e. The second-order valence-corrected chi connectivity index (χ2v) is 20.8. The lowest BCUT2D eigenvalue weighted by molar-refractivity contribution is -0.152. The van der Waals surface area contributed by atoms with Crippen LogP contribution >= 0.6 is 0 Å². The number of benzene rings is 6. The van der Waals surface area contributed by atoms with E-state index < -0.39 is 10.1 Å². The minimum absolute atomic E-state index is 0. The molecule has 70 heavy (non-hydrogen) atoms. The van der Waals surface area contributed by atoms with Gasteiger partial charge in [0.25, 0.3) is 10.1 Å². The third-order valence-corrected chi connectivity index (χ3v) is 14.7. The first-order valence-electron chi connectivity index (χ1n) is 24.4. The zero-order valence-corrected chi connectivity index (χ0v) is 40.9. The second-order valence-electron chi connectivity index (χ2n) is 19.2. The lowest BCUT2D eigenvalue weighted by atomic mass is 9.83. The Hall–Kier alpha value is -5.79. The fourth-order valence-corrected chi connectivity index (χ4v) is 11.0. The van der Waals surface area contributed by atoms with E-state index >= 15 is 0 Å². The van der Waals surface area contributed by atoms with Gasteiger partial charge >= 0.3 is 11.9 Å². The normalized spacial score (nSPS) is 20.8. The molecule has 4 aliphatic rings. The number of fused-ring (bicyclic) bond motifs is 2. The minimum atomic E-state index is -3.31. The summed E-state index contributed by atoms with van der Waals surface area (Å²) in [5.74, 6) is 2.34. The van der Waals surface area contributed by atoms with Gasteiger partial charge in [-0.3, -0.25) is 23.6 Å². The first-order valence-corrected chi connectivity index (χ1v) is 26.2. The van der Waals surface area contributed by atoms with Crippen molar-refractivity contribution in [1.82, 2.24) is 9.80 Å². The molecule has 6 aromatic rings. The molecular weight excluding hydrogens is 901 g/mol. The summed E-state index contributed by atoms with van der Waals surface area (Å²) in [6.45, 7) is 4.74. The zero-order chi connectivity index (χ0) is 48.3. The van der Waals surface area contributed by atoms with Crippen molar-refractivity contribution >= 4 is 43.6 Å². The van der Waals surface area contributed by atoms with E-state index in [4.69, 9.17) is 18.4 Å². The largest absolute Gasteiger partial charge is 0.507 e. The molecule has 4 fully saturated rings. The molecule has 11 nitrogen and oxygen atoms in total. The van der Waals surface area contributed by atoms with Crippen molar-refractivity contribution in [2.45, 2.75) is 95.9 Å². The zero-order valence-electron chi connectivity index (χ0n) is 40.1. The van der Waals surface area contributed by atoms with Crippen molar-refractivity contribution in [3.8, 4) is 11.5 Å². The lowest BCUT2D eigenvalue weighted by Crippen LogP contribution is -2.49. The number of aromatic hydroxyl groups is 1. The Morgan fingerprint density at radius 1 is 0.557 bits per heavy atom. The molecule has 0 spiro atoms. The number of hydrogen-bond donors (Lipinski definition) is 1. The highest BCUT2D eigenvalue weighted by Crippen LogP contribution is 2.37. The van der Waals surface area contributed by atoms with Gasteiger partial charge in [0.15, 0.2) is 0 Å². The SMILES string of the molecule is C.COC(=O)C1CN(Cc2ccc3c(O)cccc3c2)C1.COC(=O)C1CN(Cc2ccc3c(OC4CCC(c5ccccc5)CC4)cccc3c2)C1.CS(=O)(=O)OC1CCC(c2ccccc2)CC1. The number of carbonyl (C=O) groups excluding carboxylic acids is 2. The van der Waals surface area contributed by atoms with E-state index in [1.807, 2.05) is 30.3 Å². The van der Waals surface area contributed by atoms with Gasteiger partial charge in [0.2, 0.25) is 0 Å². The molecule has 12 heteroatoms. The van der Waals surface area contributed by atoms with E-state index in [0.717, 1.165) is 101 Å². The maximum absolute atomic E-state index is 11.6. The van der Waals surface area contributed by atoms with Crippen LogP contribution in [0, 0.1) is 11.8 Å². The van der Waals surface area contributed by atoms with Crippen LogP contribution in [-0.2, 0) is 46.5 Å². The van der Waals surface area contributed by atoms with E-state index in [0.29, 0.717) is 17.6 Å². The Morgan fingerprint density at radius 3 is 1.47 bits per heavy atom. The molecule has 2 heterocycles. The van der Waals surface area contributed by atoms with Gasteiger partial charge in [0.1, 0.15) is 11.5 Å². The molecular formula is C58H70N2O9S. The Balaban J connectivity index is 0.000000164. The maximum Gasteiger partial charge on any atom is 0.311 e. The molecule has 0 bridgehead atoms. The number of phenolic OH excluding ortho intramolecular Hbond substituents is 1. The number of hydrogen-bond acceptors (Lipinski definition) is 11. The Kier molecular flexibility index (Phi) is 18.1. The quantitative estimate of drug-likeness (QED) is 0.0928. The number of rotatable bonds is 12. The van der Waals surface area contributed by atoms with Gasteiger partial charge in [0, 0.05) is 50.0 Å². The molecule has 0 aromatic heterocycles. The van der Waals surface area contributed by atoms with E-state index in [9.17, 15) is 23.1 Å². The van der Waals surface area contributed by atoms with Crippen LogP contribution in [0.3, 0.4) is 0 Å². The van der Waals surface area contributed by atoms with Crippen LogP contribution in [0.4, 0.5) is 0 Å². The van der Waals surface area contributed by atoms with Gasteiger partial charge in [0.05, 0.1) is 44.5 Å². The van der Waals surface area contributed by atoms with Crippen molar-refractivity contribution in [3.05, 3.63) is 156 Å². The summed E-state index contributed by atoms with van der Waals surface area (Å²) >= 11 is 0. The Bertz CT molecular complexity index is 2740. The van der Waals surface area contributed by atoms with Crippen molar-refractivity contribution < 1.29 is 41.5 Å². The van der Waals surface area contributed by atoms with Crippen molar-refractivity contribution in [1.29, 1.82) is 0 Å². The number of esters is 2. The van der Waals surface area contributed by atoms with Gasteiger partial charge in [-0.15, -0.1) is 0 Å². The summed E-state index contributed by atoms with van der Waals surface area (Å²) in [4.78, 5) is 27.4. The molecule has 2 saturated carbocycles. The molecule has 0 atom stereocenters. The van der Waals surface area contributed by atoms with E-state index in [2.05, 4.69) is 107 Å². The molecule has 0 unspecified atom stereocenters. The third kappa shape index (κ3) is 14.0. The number of likely N-dealkylation sites (tertiary alicyclic amines) is 2. The van der Waals surface area contributed by atoms with Crippen molar-refractivity contribution in [2.75, 3.05) is 46.7 Å². The third-order valence-electron chi connectivity index (χ3n) is 14.1. The summed E-state index contributed by atoms with van der Waals surface area (Å²) < 4.78 is 43.2. The van der Waals surface area contributed by atoms with Crippen LogP contribution < -0.4 is 4.74 Å². The summed E-state index contributed by atoms with van der Waals surface area (Å²) in [7, 11) is -0.413. The molecule has 0 radical (unpaired) electrons. The fourth-order valence-electron chi connectivity index (χ4n) is 10.3. The lowest BCUT2D eigenvalue weighted by Gasteiger charge is -2.37. The molecule has 6 aromatic carbocycles. The molecule has 372 valence electrons. The first kappa shape index (κ1) is 52.0.